The van der Waals surface area contributed by atoms with Crippen molar-refractivity contribution in [3.8, 4) is 5.75 Å². The SMILES string of the molecule is CCC(N)Cn1c(C(C)N(C)C)nc2cc(O)ccc21. The van der Waals surface area contributed by atoms with Crippen LogP contribution >= 0.6 is 0 Å². The predicted molar refractivity (Wildman–Crippen MR) is 81.8 cm³/mol. The van der Waals surface area contributed by atoms with Gasteiger partial charge in [-0.25, -0.2) is 4.98 Å². The Morgan fingerprint density at radius 1 is 1.40 bits per heavy atom. The number of phenolic OH excluding ortho intramolecular Hbond substituents is 1. The molecule has 110 valence electrons. The van der Waals surface area contributed by atoms with Gasteiger partial charge in [0.25, 0.3) is 0 Å². The molecule has 5 heteroatoms. The van der Waals surface area contributed by atoms with Gasteiger partial charge in [0.15, 0.2) is 0 Å². The number of hydrogen-bond acceptors (Lipinski definition) is 4. The van der Waals surface area contributed by atoms with Crippen LogP contribution in [0.2, 0.25) is 0 Å². The van der Waals surface area contributed by atoms with Crippen molar-refractivity contribution in [3.63, 3.8) is 0 Å². The maximum absolute atomic E-state index is 9.62. The highest BCUT2D eigenvalue weighted by Gasteiger charge is 2.19. The molecule has 0 radical (unpaired) electrons. The van der Waals surface area contributed by atoms with Gasteiger partial charge in [0.05, 0.1) is 17.1 Å². The Balaban J connectivity index is 2.56. The Hall–Kier alpha value is -1.59. The molecule has 0 aliphatic heterocycles. The standard InChI is InChI=1S/C15H24N4O/c1-5-11(16)9-19-14-7-6-12(20)8-13(14)17-15(19)10(2)18(3)4/h6-8,10-11,20H,5,9,16H2,1-4H3. The molecule has 3 N–H and O–H groups in total. The number of aromatic nitrogens is 2. The van der Waals surface area contributed by atoms with Crippen molar-refractivity contribution < 1.29 is 5.11 Å². The molecule has 0 fully saturated rings. The van der Waals surface area contributed by atoms with Crippen molar-refractivity contribution in [2.24, 2.45) is 5.73 Å². The number of hydrogen-bond donors (Lipinski definition) is 2. The highest BCUT2D eigenvalue weighted by molar-refractivity contribution is 5.77. The first-order valence-electron chi connectivity index (χ1n) is 7.05. The van der Waals surface area contributed by atoms with Crippen LogP contribution in [0.1, 0.15) is 32.1 Å². The first-order valence-corrected chi connectivity index (χ1v) is 7.05. The third-order valence-corrected chi connectivity index (χ3v) is 3.85. The molecule has 0 saturated carbocycles. The molecule has 1 aromatic heterocycles. The van der Waals surface area contributed by atoms with E-state index >= 15 is 0 Å². The van der Waals surface area contributed by atoms with Crippen molar-refractivity contribution in [3.05, 3.63) is 24.0 Å². The summed E-state index contributed by atoms with van der Waals surface area (Å²) in [5.41, 5.74) is 7.96. The molecule has 0 aliphatic carbocycles. The lowest BCUT2D eigenvalue weighted by Crippen LogP contribution is -2.28. The number of phenols is 1. The van der Waals surface area contributed by atoms with E-state index in [-0.39, 0.29) is 17.8 Å². The fourth-order valence-electron chi connectivity index (χ4n) is 2.24. The molecule has 0 bridgehead atoms. The van der Waals surface area contributed by atoms with Gasteiger partial charge in [-0.05, 0) is 39.6 Å². The van der Waals surface area contributed by atoms with E-state index in [2.05, 4.69) is 28.3 Å². The zero-order valence-corrected chi connectivity index (χ0v) is 12.7. The highest BCUT2D eigenvalue weighted by Crippen LogP contribution is 2.26. The van der Waals surface area contributed by atoms with Crippen LogP contribution in [-0.4, -0.2) is 39.7 Å². The topological polar surface area (TPSA) is 67.3 Å². The second-order valence-corrected chi connectivity index (χ2v) is 5.56. The van der Waals surface area contributed by atoms with E-state index in [9.17, 15) is 5.11 Å². The van der Waals surface area contributed by atoms with E-state index in [0.717, 1.165) is 29.8 Å². The molecule has 0 aliphatic rings. The molecule has 5 nitrogen and oxygen atoms in total. The maximum atomic E-state index is 9.62. The normalized spacial score (nSPS) is 14.9. The minimum atomic E-state index is 0.106. The molecule has 1 heterocycles. The van der Waals surface area contributed by atoms with Crippen LogP contribution in [0, 0.1) is 0 Å². The number of benzene rings is 1. The van der Waals surface area contributed by atoms with Crippen molar-refractivity contribution in [2.45, 2.75) is 38.9 Å². The number of nitrogens with zero attached hydrogens (tertiary/aromatic N) is 3. The summed E-state index contributed by atoms with van der Waals surface area (Å²) >= 11 is 0. The molecule has 0 saturated heterocycles. The zero-order chi connectivity index (χ0) is 14.9. The summed E-state index contributed by atoms with van der Waals surface area (Å²) < 4.78 is 2.17. The van der Waals surface area contributed by atoms with E-state index in [1.807, 2.05) is 20.2 Å². The van der Waals surface area contributed by atoms with Gasteiger partial charge < -0.3 is 15.4 Å². The van der Waals surface area contributed by atoms with Crippen LogP contribution < -0.4 is 5.73 Å². The Morgan fingerprint density at radius 3 is 2.70 bits per heavy atom. The number of fused-ring (bicyclic) bond motifs is 1. The van der Waals surface area contributed by atoms with Crippen LogP contribution in [0.4, 0.5) is 0 Å². The average molecular weight is 276 g/mol. The average Bonchev–Trinajstić information content (AvgIpc) is 2.75. The summed E-state index contributed by atoms with van der Waals surface area (Å²) in [7, 11) is 4.07. The number of rotatable bonds is 5. The van der Waals surface area contributed by atoms with Crippen LogP contribution in [0.3, 0.4) is 0 Å². The first-order chi connectivity index (χ1) is 9.43. The molecule has 1 aromatic carbocycles. The molecule has 2 unspecified atom stereocenters. The first kappa shape index (κ1) is 14.8. The van der Waals surface area contributed by atoms with E-state index in [1.54, 1.807) is 12.1 Å². The molecule has 2 atom stereocenters. The third kappa shape index (κ3) is 2.78. The molecular formula is C15H24N4O. The van der Waals surface area contributed by atoms with E-state index in [1.165, 1.54) is 0 Å². The van der Waals surface area contributed by atoms with Gasteiger partial charge in [-0.2, -0.15) is 0 Å². The lowest BCUT2D eigenvalue weighted by Gasteiger charge is -2.22. The Morgan fingerprint density at radius 2 is 2.10 bits per heavy atom. The second kappa shape index (κ2) is 5.81. The summed E-state index contributed by atoms with van der Waals surface area (Å²) in [5, 5.41) is 9.62. The van der Waals surface area contributed by atoms with Crippen LogP contribution in [0.25, 0.3) is 11.0 Å². The molecule has 2 aromatic rings. The molecule has 20 heavy (non-hydrogen) atoms. The summed E-state index contributed by atoms with van der Waals surface area (Å²) in [5.74, 6) is 1.23. The number of aromatic hydroxyl groups is 1. The maximum Gasteiger partial charge on any atom is 0.127 e. The summed E-state index contributed by atoms with van der Waals surface area (Å²) in [6, 6.07) is 5.60. The quantitative estimate of drug-likeness (QED) is 0.877. The minimum Gasteiger partial charge on any atom is -0.508 e. The van der Waals surface area contributed by atoms with Crippen molar-refractivity contribution in [2.75, 3.05) is 14.1 Å². The Kier molecular flexibility index (Phi) is 4.30. The molecule has 2 rings (SSSR count). The van der Waals surface area contributed by atoms with Gasteiger partial charge in [0, 0.05) is 18.7 Å². The molecule has 0 amide bonds. The largest absolute Gasteiger partial charge is 0.508 e. The van der Waals surface area contributed by atoms with Crippen LogP contribution in [0.15, 0.2) is 18.2 Å². The lowest BCUT2D eigenvalue weighted by molar-refractivity contribution is 0.299. The van der Waals surface area contributed by atoms with Gasteiger partial charge >= 0.3 is 0 Å². The fraction of sp³-hybridized carbons (Fsp3) is 0.533. The second-order valence-electron chi connectivity index (χ2n) is 5.56. The van der Waals surface area contributed by atoms with Crippen LogP contribution in [0.5, 0.6) is 5.75 Å². The summed E-state index contributed by atoms with van der Waals surface area (Å²) in [6.45, 7) is 4.95. The molecular weight excluding hydrogens is 252 g/mol. The van der Waals surface area contributed by atoms with Crippen molar-refractivity contribution in [1.29, 1.82) is 0 Å². The Labute approximate surface area is 120 Å². The summed E-state index contributed by atoms with van der Waals surface area (Å²) in [6.07, 6.45) is 0.924. The van der Waals surface area contributed by atoms with Gasteiger partial charge in [0.1, 0.15) is 11.6 Å². The molecule has 0 spiro atoms. The van der Waals surface area contributed by atoms with Crippen LogP contribution in [-0.2, 0) is 6.54 Å². The van der Waals surface area contributed by atoms with E-state index in [4.69, 9.17) is 5.73 Å². The van der Waals surface area contributed by atoms with Crippen molar-refractivity contribution in [1.82, 2.24) is 14.5 Å². The predicted octanol–water partition coefficient (Wildman–Crippen LogP) is 2.10. The minimum absolute atomic E-state index is 0.106. The van der Waals surface area contributed by atoms with Gasteiger partial charge in [0.2, 0.25) is 0 Å². The van der Waals surface area contributed by atoms with E-state index < -0.39 is 0 Å². The highest BCUT2D eigenvalue weighted by atomic mass is 16.3. The number of nitrogens with two attached hydrogens (primary N) is 1. The fourth-order valence-corrected chi connectivity index (χ4v) is 2.24. The lowest BCUT2D eigenvalue weighted by atomic mass is 10.2. The van der Waals surface area contributed by atoms with Crippen molar-refractivity contribution >= 4 is 11.0 Å². The smallest absolute Gasteiger partial charge is 0.127 e. The Bertz CT molecular complexity index is 591. The van der Waals surface area contributed by atoms with E-state index in [0.29, 0.717) is 0 Å². The number of imidazole rings is 1. The monoisotopic (exact) mass is 276 g/mol. The van der Waals surface area contributed by atoms with Gasteiger partial charge in [-0.1, -0.05) is 6.92 Å². The van der Waals surface area contributed by atoms with Gasteiger partial charge in [-0.15, -0.1) is 0 Å². The third-order valence-electron chi connectivity index (χ3n) is 3.85. The van der Waals surface area contributed by atoms with Gasteiger partial charge in [-0.3, -0.25) is 4.90 Å². The summed E-state index contributed by atoms with van der Waals surface area (Å²) in [4.78, 5) is 6.81. The zero-order valence-electron chi connectivity index (χ0n) is 12.7.